The van der Waals surface area contributed by atoms with Gasteiger partial charge in [0.15, 0.2) is 4.34 Å². The molecule has 2 saturated carbocycles. The van der Waals surface area contributed by atoms with Crippen molar-refractivity contribution in [2.75, 3.05) is 5.32 Å². The summed E-state index contributed by atoms with van der Waals surface area (Å²) in [5.41, 5.74) is 0. The molecule has 140 valence electrons. The van der Waals surface area contributed by atoms with Crippen LogP contribution in [-0.2, 0) is 4.79 Å². The van der Waals surface area contributed by atoms with Crippen molar-refractivity contribution in [1.29, 1.82) is 0 Å². The van der Waals surface area contributed by atoms with Crippen LogP contribution in [0.25, 0.3) is 0 Å². The SMILES string of the molecule is CC(Sc1nnc(NC2CCCCC2)s1)C(=O)NC1CCCCC1C. The van der Waals surface area contributed by atoms with Gasteiger partial charge in [-0.25, -0.2) is 0 Å². The highest BCUT2D eigenvalue weighted by atomic mass is 32.2. The molecule has 1 aromatic heterocycles. The predicted molar refractivity (Wildman–Crippen MR) is 105 cm³/mol. The van der Waals surface area contributed by atoms with E-state index in [0.717, 1.165) is 15.9 Å². The van der Waals surface area contributed by atoms with Gasteiger partial charge in [0.2, 0.25) is 11.0 Å². The highest BCUT2D eigenvalue weighted by Gasteiger charge is 2.26. The minimum atomic E-state index is -0.135. The predicted octanol–water partition coefficient (Wildman–Crippen LogP) is 4.46. The number of nitrogens with one attached hydrogen (secondary N) is 2. The third-order valence-corrected chi connectivity index (χ3v) is 7.46. The molecular weight excluding hydrogens is 352 g/mol. The van der Waals surface area contributed by atoms with Gasteiger partial charge in [-0.3, -0.25) is 4.79 Å². The second-order valence-corrected chi connectivity index (χ2v) is 10.1. The van der Waals surface area contributed by atoms with Crippen molar-refractivity contribution >= 4 is 34.1 Å². The van der Waals surface area contributed by atoms with E-state index in [4.69, 9.17) is 0 Å². The van der Waals surface area contributed by atoms with Crippen molar-refractivity contribution in [2.24, 2.45) is 5.92 Å². The smallest absolute Gasteiger partial charge is 0.233 e. The first kappa shape index (κ1) is 19.0. The van der Waals surface area contributed by atoms with Crippen molar-refractivity contribution in [1.82, 2.24) is 15.5 Å². The van der Waals surface area contributed by atoms with Crippen LogP contribution in [-0.4, -0.2) is 33.4 Å². The van der Waals surface area contributed by atoms with Gasteiger partial charge in [-0.2, -0.15) is 0 Å². The second kappa shape index (κ2) is 9.21. The number of rotatable bonds is 6. The van der Waals surface area contributed by atoms with Gasteiger partial charge in [0.1, 0.15) is 0 Å². The van der Waals surface area contributed by atoms with Crippen LogP contribution in [0, 0.1) is 5.92 Å². The lowest BCUT2D eigenvalue weighted by atomic mass is 9.86. The topological polar surface area (TPSA) is 66.9 Å². The molecule has 0 bridgehead atoms. The van der Waals surface area contributed by atoms with Crippen molar-refractivity contribution in [3.8, 4) is 0 Å². The molecule has 1 heterocycles. The van der Waals surface area contributed by atoms with E-state index in [1.165, 1.54) is 63.1 Å². The van der Waals surface area contributed by atoms with E-state index in [9.17, 15) is 4.79 Å². The summed E-state index contributed by atoms with van der Waals surface area (Å²) in [4.78, 5) is 12.5. The summed E-state index contributed by atoms with van der Waals surface area (Å²) >= 11 is 3.09. The molecule has 25 heavy (non-hydrogen) atoms. The maximum atomic E-state index is 12.5. The quantitative estimate of drug-likeness (QED) is 0.711. The Labute approximate surface area is 159 Å². The lowest BCUT2D eigenvalue weighted by molar-refractivity contribution is -0.121. The number of aromatic nitrogens is 2. The molecule has 1 amide bonds. The van der Waals surface area contributed by atoms with Gasteiger partial charge < -0.3 is 10.6 Å². The first-order valence-corrected chi connectivity index (χ1v) is 11.4. The fourth-order valence-corrected chi connectivity index (χ4v) is 5.75. The van der Waals surface area contributed by atoms with Crippen LogP contribution in [0.15, 0.2) is 4.34 Å². The fourth-order valence-electron chi connectivity index (χ4n) is 3.77. The van der Waals surface area contributed by atoms with Crippen LogP contribution < -0.4 is 10.6 Å². The van der Waals surface area contributed by atoms with Crippen LogP contribution in [0.4, 0.5) is 5.13 Å². The molecule has 3 unspecified atom stereocenters. The largest absolute Gasteiger partial charge is 0.357 e. The number of carbonyl (C=O) groups excluding carboxylic acids is 1. The standard InChI is InChI=1S/C18H30N4OS2/c1-12-8-6-7-11-15(12)20-16(23)13(2)24-18-22-21-17(25-18)19-14-9-4-3-5-10-14/h12-15H,3-11H2,1-2H3,(H,19,21)(H,20,23). The van der Waals surface area contributed by atoms with Gasteiger partial charge in [0.05, 0.1) is 5.25 Å². The van der Waals surface area contributed by atoms with E-state index in [1.54, 1.807) is 11.3 Å². The highest BCUT2D eigenvalue weighted by molar-refractivity contribution is 8.02. The van der Waals surface area contributed by atoms with Crippen LogP contribution in [0.3, 0.4) is 0 Å². The molecule has 7 heteroatoms. The first-order chi connectivity index (χ1) is 12.1. The van der Waals surface area contributed by atoms with Gasteiger partial charge in [-0.1, -0.05) is 62.1 Å². The molecule has 3 atom stereocenters. The molecule has 2 aliphatic carbocycles. The zero-order valence-electron chi connectivity index (χ0n) is 15.3. The van der Waals surface area contributed by atoms with E-state index in [1.807, 2.05) is 6.92 Å². The summed E-state index contributed by atoms with van der Waals surface area (Å²) in [6.45, 7) is 4.21. The van der Waals surface area contributed by atoms with Crippen LogP contribution >= 0.6 is 23.1 Å². The Kier molecular flexibility index (Phi) is 6.99. The summed E-state index contributed by atoms with van der Waals surface area (Å²) in [5.74, 6) is 0.712. The molecule has 2 aliphatic rings. The number of hydrogen-bond donors (Lipinski definition) is 2. The van der Waals surface area contributed by atoms with Gasteiger partial charge in [-0.15, -0.1) is 10.2 Å². The summed E-state index contributed by atoms with van der Waals surface area (Å²) in [6, 6.07) is 0.871. The average Bonchev–Trinajstić information content (AvgIpc) is 3.04. The lowest BCUT2D eigenvalue weighted by Gasteiger charge is -2.30. The van der Waals surface area contributed by atoms with E-state index in [2.05, 4.69) is 27.8 Å². The average molecular weight is 383 g/mol. The van der Waals surface area contributed by atoms with Gasteiger partial charge >= 0.3 is 0 Å². The van der Waals surface area contributed by atoms with E-state index < -0.39 is 0 Å². The zero-order chi connectivity index (χ0) is 17.6. The Morgan fingerprint density at radius 2 is 1.84 bits per heavy atom. The second-order valence-electron chi connectivity index (χ2n) is 7.49. The molecule has 0 aliphatic heterocycles. The third-order valence-electron chi connectivity index (χ3n) is 5.43. The van der Waals surface area contributed by atoms with E-state index >= 15 is 0 Å². The Hall–Kier alpha value is -0.820. The Morgan fingerprint density at radius 3 is 2.60 bits per heavy atom. The van der Waals surface area contributed by atoms with Crippen molar-refractivity contribution in [3.05, 3.63) is 0 Å². The molecule has 3 rings (SSSR count). The number of amides is 1. The summed E-state index contributed by atoms with van der Waals surface area (Å²) < 4.78 is 0.873. The number of anilines is 1. The minimum Gasteiger partial charge on any atom is -0.357 e. The van der Waals surface area contributed by atoms with Crippen molar-refractivity contribution < 1.29 is 4.79 Å². The third kappa shape index (κ3) is 5.58. The Morgan fingerprint density at radius 1 is 1.12 bits per heavy atom. The van der Waals surface area contributed by atoms with Crippen molar-refractivity contribution in [2.45, 2.75) is 93.3 Å². The molecule has 2 N–H and O–H groups in total. The normalized spacial score (nSPS) is 26.2. The van der Waals surface area contributed by atoms with Gasteiger partial charge in [0, 0.05) is 12.1 Å². The van der Waals surface area contributed by atoms with Crippen LogP contribution in [0.2, 0.25) is 0 Å². The minimum absolute atomic E-state index is 0.126. The molecule has 1 aromatic rings. The molecule has 2 fully saturated rings. The number of thioether (sulfide) groups is 1. The van der Waals surface area contributed by atoms with E-state index in [0.29, 0.717) is 18.0 Å². The number of carbonyl (C=O) groups is 1. The maximum Gasteiger partial charge on any atom is 0.233 e. The first-order valence-electron chi connectivity index (χ1n) is 9.69. The van der Waals surface area contributed by atoms with E-state index in [-0.39, 0.29) is 11.2 Å². The molecule has 5 nitrogen and oxygen atoms in total. The zero-order valence-corrected chi connectivity index (χ0v) is 16.9. The summed E-state index contributed by atoms with van der Waals surface area (Å²) in [5, 5.41) is 16.0. The lowest BCUT2D eigenvalue weighted by Crippen LogP contribution is -2.44. The van der Waals surface area contributed by atoms with Crippen LogP contribution in [0.1, 0.15) is 71.6 Å². The molecule has 0 spiro atoms. The number of nitrogens with zero attached hydrogens (tertiary/aromatic N) is 2. The summed E-state index contributed by atoms with van der Waals surface area (Å²) in [6.07, 6.45) is 11.2. The Balaban J connectivity index is 1.47. The monoisotopic (exact) mass is 382 g/mol. The molecular formula is C18H30N4OS2. The highest BCUT2D eigenvalue weighted by Crippen LogP contribution is 2.31. The maximum absolute atomic E-state index is 12.5. The van der Waals surface area contributed by atoms with Crippen molar-refractivity contribution in [3.63, 3.8) is 0 Å². The van der Waals surface area contributed by atoms with Gasteiger partial charge in [0.25, 0.3) is 0 Å². The molecule has 0 saturated heterocycles. The number of hydrogen-bond acceptors (Lipinski definition) is 6. The fraction of sp³-hybridized carbons (Fsp3) is 0.833. The molecule has 0 aromatic carbocycles. The summed E-state index contributed by atoms with van der Waals surface area (Å²) in [7, 11) is 0. The molecule has 0 radical (unpaired) electrons. The Bertz CT molecular complexity index is 559. The van der Waals surface area contributed by atoms with Crippen LogP contribution in [0.5, 0.6) is 0 Å². The van der Waals surface area contributed by atoms with Gasteiger partial charge in [-0.05, 0) is 38.5 Å².